The summed E-state index contributed by atoms with van der Waals surface area (Å²) < 4.78 is 1.25. The first-order valence-corrected chi connectivity index (χ1v) is 11.9. The Labute approximate surface area is 180 Å². The third-order valence-electron chi connectivity index (χ3n) is 5.02. The number of piperazine rings is 1. The van der Waals surface area contributed by atoms with Crippen LogP contribution >= 0.6 is 23.1 Å². The lowest BCUT2D eigenvalue weighted by molar-refractivity contribution is -0.120. The molecule has 2 aromatic carbocycles. The number of rotatable bonds is 8. The quantitative estimate of drug-likeness (QED) is 0.557. The van der Waals surface area contributed by atoms with Crippen molar-refractivity contribution in [1.82, 2.24) is 15.2 Å². The van der Waals surface area contributed by atoms with E-state index in [4.69, 9.17) is 4.98 Å². The molecule has 0 spiro atoms. The molecule has 1 aliphatic rings. The van der Waals surface area contributed by atoms with Gasteiger partial charge in [0.1, 0.15) is 0 Å². The molecule has 3 aromatic rings. The smallest absolute Gasteiger partial charge is 0.220 e. The first-order chi connectivity index (χ1) is 14.3. The standard InChI is InChI=1S/C22H26N4OS2/c27-21(10-17-28-18-6-2-1-3-7-18)23-11-12-25-13-15-26(16-14-25)22-24-19-8-4-5-9-20(19)29-22/h1-9H,10-17H2,(H,23,27). The van der Waals surface area contributed by atoms with Crippen LogP contribution in [-0.2, 0) is 4.79 Å². The second-order valence-corrected chi connectivity index (χ2v) is 9.23. The van der Waals surface area contributed by atoms with Crippen molar-refractivity contribution in [2.24, 2.45) is 0 Å². The summed E-state index contributed by atoms with van der Waals surface area (Å²) in [4.78, 5) is 22.8. The summed E-state index contributed by atoms with van der Waals surface area (Å²) in [6.45, 7) is 5.62. The van der Waals surface area contributed by atoms with Crippen molar-refractivity contribution >= 4 is 44.4 Å². The Bertz CT molecular complexity index is 890. The number of fused-ring (bicyclic) bond motifs is 1. The zero-order valence-corrected chi connectivity index (χ0v) is 18.1. The number of nitrogens with zero attached hydrogens (tertiary/aromatic N) is 3. The van der Waals surface area contributed by atoms with Crippen molar-refractivity contribution in [3.63, 3.8) is 0 Å². The lowest BCUT2D eigenvalue weighted by Gasteiger charge is -2.34. The van der Waals surface area contributed by atoms with Gasteiger partial charge in [0.05, 0.1) is 10.2 Å². The van der Waals surface area contributed by atoms with Crippen molar-refractivity contribution in [2.75, 3.05) is 49.9 Å². The first-order valence-electron chi connectivity index (χ1n) is 10.1. The van der Waals surface area contributed by atoms with Crippen LogP contribution in [0.15, 0.2) is 59.5 Å². The molecule has 29 heavy (non-hydrogen) atoms. The molecule has 1 fully saturated rings. The van der Waals surface area contributed by atoms with Crippen LogP contribution in [0.2, 0.25) is 0 Å². The van der Waals surface area contributed by atoms with Crippen LogP contribution in [0.1, 0.15) is 6.42 Å². The number of hydrogen-bond donors (Lipinski definition) is 1. The number of nitrogens with one attached hydrogen (secondary N) is 1. The topological polar surface area (TPSA) is 48.5 Å². The molecule has 1 aromatic heterocycles. The summed E-state index contributed by atoms with van der Waals surface area (Å²) in [7, 11) is 0. The summed E-state index contributed by atoms with van der Waals surface area (Å²) in [5.74, 6) is 0.956. The highest BCUT2D eigenvalue weighted by molar-refractivity contribution is 7.99. The maximum atomic E-state index is 12.0. The van der Waals surface area contributed by atoms with Crippen molar-refractivity contribution < 1.29 is 4.79 Å². The number of benzene rings is 2. The molecular weight excluding hydrogens is 400 g/mol. The third-order valence-corrected chi connectivity index (χ3v) is 7.13. The zero-order chi connectivity index (χ0) is 19.9. The molecule has 2 heterocycles. The summed E-state index contributed by atoms with van der Waals surface area (Å²) in [5.41, 5.74) is 1.09. The van der Waals surface area contributed by atoms with Gasteiger partial charge in [-0.2, -0.15) is 0 Å². The Kier molecular flexibility index (Phi) is 7.03. The van der Waals surface area contributed by atoms with Gasteiger partial charge in [-0.1, -0.05) is 41.7 Å². The molecule has 0 saturated carbocycles. The van der Waals surface area contributed by atoms with Gasteiger partial charge < -0.3 is 10.2 Å². The van der Waals surface area contributed by atoms with Crippen LogP contribution in [0.5, 0.6) is 0 Å². The Morgan fingerprint density at radius 1 is 1.03 bits per heavy atom. The van der Waals surface area contributed by atoms with Gasteiger partial charge >= 0.3 is 0 Å². The molecule has 152 valence electrons. The van der Waals surface area contributed by atoms with Gasteiger partial charge in [-0.25, -0.2) is 4.98 Å². The van der Waals surface area contributed by atoms with E-state index in [1.54, 1.807) is 23.1 Å². The van der Waals surface area contributed by atoms with Crippen LogP contribution in [0, 0.1) is 0 Å². The van der Waals surface area contributed by atoms with Gasteiger partial charge in [-0.15, -0.1) is 11.8 Å². The van der Waals surface area contributed by atoms with E-state index in [1.807, 2.05) is 24.3 Å². The Morgan fingerprint density at radius 3 is 2.59 bits per heavy atom. The Hall–Kier alpha value is -2.09. The van der Waals surface area contributed by atoms with E-state index in [2.05, 4.69) is 45.4 Å². The molecule has 1 N–H and O–H groups in total. The highest BCUT2D eigenvalue weighted by Gasteiger charge is 2.19. The number of para-hydroxylation sites is 1. The van der Waals surface area contributed by atoms with Gasteiger partial charge in [0.15, 0.2) is 5.13 Å². The van der Waals surface area contributed by atoms with Crippen LogP contribution in [0.4, 0.5) is 5.13 Å². The van der Waals surface area contributed by atoms with Gasteiger partial charge in [0.2, 0.25) is 5.91 Å². The SMILES string of the molecule is O=C(CCSc1ccccc1)NCCN1CCN(c2nc3ccccc3s2)CC1. The summed E-state index contributed by atoms with van der Waals surface area (Å²) >= 11 is 3.50. The molecule has 1 aliphatic heterocycles. The van der Waals surface area contributed by atoms with Gasteiger partial charge in [-0.3, -0.25) is 9.69 Å². The zero-order valence-electron chi connectivity index (χ0n) is 16.4. The molecule has 1 amide bonds. The second-order valence-electron chi connectivity index (χ2n) is 7.05. The highest BCUT2D eigenvalue weighted by atomic mass is 32.2. The van der Waals surface area contributed by atoms with Crippen molar-refractivity contribution in [3.05, 3.63) is 54.6 Å². The number of anilines is 1. The lowest BCUT2D eigenvalue weighted by Crippen LogP contribution is -2.48. The minimum atomic E-state index is 0.140. The molecule has 0 bridgehead atoms. The Morgan fingerprint density at radius 2 is 1.79 bits per heavy atom. The number of amides is 1. The second kappa shape index (κ2) is 10.1. The van der Waals surface area contributed by atoms with E-state index in [9.17, 15) is 4.79 Å². The molecule has 0 radical (unpaired) electrons. The van der Waals surface area contributed by atoms with Crippen molar-refractivity contribution in [2.45, 2.75) is 11.3 Å². The van der Waals surface area contributed by atoms with Crippen LogP contribution in [0.25, 0.3) is 10.2 Å². The highest BCUT2D eigenvalue weighted by Crippen LogP contribution is 2.29. The van der Waals surface area contributed by atoms with Gasteiger partial charge in [0, 0.05) is 56.3 Å². The molecule has 1 saturated heterocycles. The largest absolute Gasteiger partial charge is 0.355 e. The van der Waals surface area contributed by atoms with Crippen molar-refractivity contribution in [1.29, 1.82) is 0 Å². The number of thiazole rings is 1. The minimum absolute atomic E-state index is 0.140. The predicted molar refractivity (Wildman–Crippen MR) is 123 cm³/mol. The first kappa shape index (κ1) is 20.2. The summed E-state index contributed by atoms with van der Waals surface area (Å²) in [5, 5.41) is 4.18. The van der Waals surface area contributed by atoms with E-state index in [0.29, 0.717) is 6.42 Å². The number of hydrogen-bond acceptors (Lipinski definition) is 6. The number of thioether (sulfide) groups is 1. The Balaban J connectivity index is 1.12. The van der Waals surface area contributed by atoms with Crippen LogP contribution in [0.3, 0.4) is 0 Å². The van der Waals surface area contributed by atoms with E-state index < -0.39 is 0 Å². The van der Waals surface area contributed by atoms with E-state index in [0.717, 1.165) is 55.7 Å². The molecule has 0 atom stereocenters. The third kappa shape index (κ3) is 5.72. The van der Waals surface area contributed by atoms with E-state index in [-0.39, 0.29) is 5.91 Å². The summed E-state index contributed by atoms with van der Waals surface area (Å²) in [6.07, 6.45) is 0.560. The van der Waals surface area contributed by atoms with Crippen molar-refractivity contribution in [3.8, 4) is 0 Å². The van der Waals surface area contributed by atoms with Gasteiger partial charge in [0.25, 0.3) is 0 Å². The lowest BCUT2D eigenvalue weighted by atomic mass is 10.3. The monoisotopic (exact) mass is 426 g/mol. The van der Waals surface area contributed by atoms with Gasteiger partial charge in [-0.05, 0) is 24.3 Å². The predicted octanol–water partition coefficient (Wildman–Crippen LogP) is 3.72. The fourth-order valence-electron chi connectivity index (χ4n) is 3.38. The minimum Gasteiger partial charge on any atom is -0.355 e. The fourth-order valence-corrected chi connectivity index (χ4v) is 5.27. The van der Waals surface area contributed by atoms with Crippen LogP contribution in [-0.4, -0.2) is 60.8 Å². The van der Waals surface area contributed by atoms with Crippen LogP contribution < -0.4 is 10.2 Å². The molecule has 5 nitrogen and oxygen atoms in total. The fraction of sp³-hybridized carbons (Fsp3) is 0.364. The average Bonchev–Trinajstić information content (AvgIpc) is 3.19. The molecule has 4 rings (SSSR count). The summed E-state index contributed by atoms with van der Waals surface area (Å²) in [6, 6.07) is 18.5. The van der Waals surface area contributed by atoms with E-state index in [1.165, 1.54) is 9.60 Å². The molecular formula is C22H26N4OS2. The molecule has 0 unspecified atom stereocenters. The number of aromatic nitrogens is 1. The van der Waals surface area contributed by atoms with E-state index >= 15 is 0 Å². The maximum Gasteiger partial charge on any atom is 0.220 e. The number of carbonyl (C=O) groups excluding carboxylic acids is 1. The average molecular weight is 427 g/mol. The normalized spacial score (nSPS) is 15.0. The molecule has 7 heteroatoms. The molecule has 0 aliphatic carbocycles. The maximum absolute atomic E-state index is 12.0. The number of carbonyl (C=O) groups is 1.